The molecule has 17 heavy (non-hydrogen) atoms. The number of hydrogen-bond donors (Lipinski definition) is 1. The van der Waals surface area contributed by atoms with Crippen LogP contribution < -0.4 is 0 Å². The predicted molar refractivity (Wildman–Crippen MR) is 65.7 cm³/mol. The highest BCUT2D eigenvalue weighted by Crippen LogP contribution is 2.40. The second-order valence-corrected chi connectivity index (χ2v) is 4.83. The van der Waals surface area contributed by atoms with Crippen molar-refractivity contribution in [1.82, 2.24) is 0 Å². The molecule has 1 N–H and O–H groups in total. The van der Waals surface area contributed by atoms with Crippen molar-refractivity contribution in [3.63, 3.8) is 0 Å². The molecule has 3 heteroatoms. The van der Waals surface area contributed by atoms with Gasteiger partial charge in [0.25, 0.3) is 0 Å². The summed E-state index contributed by atoms with van der Waals surface area (Å²) in [5.41, 5.74) is -0.441. The van der Waals surface area contributed by atoms with Crippen LogP contribution in [0.4, 0.5) is 0 Å². The number of ether oxygens (including phenoxy) is 1. The minimum atomic E-state index is -0.643. The number of aliphatic hydroxyl groups excluding tert-OH is 1. The summed E-state index contributed by atoms with van der Waals surface area (Å²) in [7, 11) is 0. The van der Waals surface area contributed by atoms with E-state index in [0.717, 1.165) is 25.7 Å². The lowest BCUT2D eigenvalue weighted by Gasteiger charge is -2.36. The van der Waals surface area contributed by atoms with Gasteiger partial charge in [0, 0.05) is 6.61 Å². The molecule has 2 rings (SSSR count). The van der Waals surface area contributed by atoms with Crippen molar-refractivity contribution < 1.29 is 14.3 Å². The van der Waals surface area contributed by atoms with E-state index in [2.05, 4.69) is 0 Å². The SMILES string of the molecule is CCOC1(C(O)c2ccco2)CCCCCC1. The van der Waals surface area contributed by atoms with Crippen LogP contribution in [-0.2, 0) is 4.74 Å². The minimum absolute atomic E-state index is 0.441. The molecule has 1 aromatic heterocycles. The predicted octanol–water partition coefficient (Wildman–Crippen LogP) is 3.44. The Hall–Kier alpha value is -0.800. The van der Waals surface area contributed by atoms with E-state index in [9.17, 15) is 5.11 Å². The third-order valence-corrected chi connectivity index (χ3v) is 3.69. The maximum absolute atomic E-state index is 10.5. The molecule has 96 valence electrons. The average Bonchev–Trinajstić information content (AvgIpc) is 2.76. The lowest BCUT2D eigenvalue weighted by atomic mass is 9.86. The highest BCUT2D eigenvalue weighted by molar-refractivity contribution is 5.08. The van der Waals surface area contributed by atoms with E-state index >= 15 is 0 Å². The van der Waals surface area contributed by atoms with Crippen molar-refractivity contribution in [2.45, 2.75) is 57.2 Å². The Morgan fingerprint density at radius 3 is 2.59 bits per heavy atom. The average molecular weight is 238 g/mol. The molecule has 0 saturated heterocycles. The summed E-state index contributed by atoms with van der Waals surface area (Å²) in [5, 5.41) is 10.5. The maximum atomic E-state index is 10.5. The Kier molecular flexibility index (Phi) is 4.24. The van der Waals surface area contributed by atoms with Gasteiger partial charge in [0.15, 0.2) is 0 Å². The monoisotopic (exact) mass is 238 g/mol. The van der Waals surface area contributed by atoms with Gasteiger partial charge in [-0.3, -0.25) is 0 Å². The van der Waals surface area contributed by atoms with Gasteiger partial charge in [-0.1, -0.05) is 25.7 Å². The number of hydrogen-bond acceptors (Lipinski definition) is 3. The molecule has 1 saturated carbocycles. The van der Waals surface area contributed by atoms with Gasteiger partial charge in [0.05, 0.1) is 6.26 Å². The second kappa shape index (κ2) is 5.69. The van der Waals surface area contributed by atoms with Crippen LogP contribution in [0.25, 0.3) is 0 Å². The third-order valence-electron chi connectivity index (χ3n) is 3.69. The minimum Gasteiger partial charge on any atom is -0.466 e. The Morgan fingerprint density at radius 2 is 2.06 bits per heavy atom. The van der Waals surface area contributed by atoms with E-state index in [4.69, 9.17) is 9.15 Å². The lowest BCUT2D eigenvalue weighted by Crippen LogP contribution is -2.39. The summed E-state index contributed by atoms with van der Waals surface area (Å²) in [5.74, 6) is 0.625. The third kappa shape index (κ3) is 2.72. The molecule has 1 aliphatic carbocycles. The largest absolute Gasteiger partial charge is 0.466 e. The first kappa shape index (κ1) is 12.7. The second-order valence-electron chi connectivity index (χ2n) is 4.83. The van der Waals surface area contributed by atoms with Crippen LogP contribution in [0, 0.1) is 0 Å². The van der Waals surface area contributed by atoms with Gasteiger partial charge in [0.2, 0.25) is 0 Å². The van der Waals surface area contributed by atoms with Gasteiger partial charge in [-0.25, -0.2) is 0 Å². The van der Waals surface area contributed by atoms with Crippen LogP contribution in [0.5, 0.6) is 0 Å². The first-order valence-corrected chi connectivity index (χ1v) is 6.64. The summed E-state index contributed by atoms with van der Waals surface area (Å²) in [6.45, 7) is 2.62. The van der Waals surface area contributed by atoms with E-state index in [1.165, 1.54) is 12.8 Å². The van der Waals surface area contributed by atoms with Gasteiger partial charge in [0.1, 0.15) is 17.5 Å². The smallest absolute Gasteiger partial charge is 0.140 e. The molecule has 3 nitrogen and oxygen atoms in total. The zero-order valence-electron chi connectivity index (χ0n) is 10.5. The van der Waals surface area contributed by atoms with Crippen molar-refractivity contribution in [1.29, 1.82) is 0 Å². The van der Waals surface area contributed by atoms with E-state index in [1.807, 2.05) is 19.1 Å². The Bertz CT molecular complexity index is 310. The normalized spacial score (nSPS) is 22.0. The summed E-state index contributed by atoms with van der Waals surface area (Å²) in [6, 6.07) is 3.64. The highest BCUT2D eigenvalue weighted by Gasteiger charge is 2.41. The lowest BCUT2D eigenvalue weighted by molar-refractivity contribution is -0.137. The topological polar surface area (TPSA) is 42.6 Å². The molecule has 0 radical (unpaired) electrons. The molecule has 1 aromatic rings. The van der Waals surface area contributed by atoms with E-state index < -0.39 is 11.7 Å². The molecule has 0 amide bonds. The molecule has 1 aliphatic rings. The molecular weight excluding hydrogens is 216 g/mol. The Labute approximate surface area is 103 Å². The summed E-state index contributed by atoms with van der Waals surface area (Å²) < 4.78 is 11.3. The fourth-order valence-corrected chi connectivity index (χ4v) is 2.82. The first-order valence-electron chi connectivity index (χ1n) is 6.64. The molecule has 1 fully saturated rings. The van der Waals surface area contributed by atoms with Crippen molar-refractivity contribution >= 4 is 0 Å². The Balaban J connectivity index is 2.19. The summed E-state index contributed by atoms with van der Waals surface area (Å²) >= 11 is 0. The van der Waals surface area contributed by atoms with Crippen LogP contribution in [0.2, 0.25) is 0 Å². The van der Waals surface area contributed by atoms with Crippen molar-refractivity contribution in [2.75, 3.05) is 6.61 Å². The standard InChI is InChI=1S/C14H22O3/c1-2-17-14(9-5-3-4-6-10-14)13(15)12-8-7-11-16-12/h7-8,11,13,15H,2-6,9-10H2,1H3. The maximum Gasteiger partial charge on any atom is 0.140 e. The van der Waals surface area contributed by atoms with E-state index in [-0.39, 0.29) is 0 Å². The van der Waals surface area contributed by atoms with Crippen LogP contribution in [-0.4, -0.2) is 17.3 Å². The van der Waals surface area contributed by atoms with Gasteiger partial charge in [-0.2, -0.15) is 0 Å². The molecule has 1 heterocycles. The van der Waals surface area contributed by atoms with Gasteiger partial charge in [-0.15, -0.1) is 0 Å². The summed E-state index contributed by atoms with van der Waals surface area (Å²) in [6.07, 6.45) is 7.52. The zero-order chi connectivity index (χ0) is 12.1. The van der Waals surface area contributed by atoms with E-state index in [0.29, 0.717) is 12.4 Å². The number of aliphatic hydroxyl groups is 1. The van der Waals surface area contributed by atoms with Crippen LogP contribution in [0.15, 0.2) is 22.8 Å². The quantitative estimate of drug-likeness (QED) is 0.817. The number of rotatable bonds is 4. The van der Waals surface area contributed by atoms with Crippen molar-refractivity contribution in [3.8, 4) is 0 Å². The fraction of sp³-hybridized carbons (Fsp3) is 0.714. The van der Waals surface area contributed by atoms with Crippen molar-refractivity contribution in [2.24, 2.45) is 0 Å². The summed E-state index contributed by atoms with van der Waals surface area (Å²) in [4.78, 5) is 0. The first-order chi connectivity index (χ1) is 8.28. The highest BCUT2D eigenvalue weighted by atomic mass is 16.5. The van der Waals surface area contributed by atoms with E-state index in [1.54, 1.807) is 6.26 Å². The number of furan rings is 1. The van der Waals surface area contributed by atoms with Crippen LogP contribution in [0.3, 0.4) is 0 Å². The molecule has 1 atom stereocenters. The molecule has 1 unspecified atom stereocenters. The fourth-order valence-electron chi connectivity index (χ4n) is 2.82. The van der Waals surface area contributed by atoms with Gasteiger partial charge >= 0.3 is 0 Å². The molecule has 0 bridgehead atoms. The molecule has 0 spiro atoms. The van der Waals surface area contributed by atoms with Crippen LogP contribution in [0.1, 0.15) is 57.3 Å². The van der Waals surface area contributed by atoms with Gasteiger partial charge in [-0.05, 0) is 31.9 Å². The van der Waals surface area contributed by atoms with Gasteiger partial charge < -0.3 is 14.3 Å². The molecular formula is C14H22O3. The zero-order valence-corrected chi connectivity index (χ0v) is 10.5. The van der Waals surface area contributed by atoms with Crippen LogP contribution >= 0.6 is 0 Å². The molecule has 0 aromatic carbocycles. The molecule has 0 aliphatic heterocycles. The Morgan fingerprint density at radius 1 is 1.35 bits per heavy atom. The van der Waals surface area contributed by atoms with Crippen molar-refractivity contribution in [3.05, 3.63) is 24.2 Å².